The van der Waals surface area contributed by atoms with Crippen molar-refractivity contribution in [2.45, 2.75) is 79.1 Å². The second kappa shape index (κ2) is 11.7. The minimum absolute atomic E-state index is 0.0141. The monoisotopic (exact) mass is 279 g/mol. The second-order valence-corrected chi connectivity index (χ2v) is 5.98. The lowest BCUT2D eigenvalue weighted by Gasteiger charge is -2.05. The van der Waals surface area contributed by atoms with Crippen molar-refractivity contribution in [2.24, 2.45) is 11.7 Å². The molecule has 2 N–H and O–H groups in total. The Bertz CT molecular complexity index is 328. The van der Waals surface area contributed by atoms with Gasteiger partial charge in [-0.2, -0.15) is 0 Å². The average molecular weight is 279 g/mol. The molecule has 0 aliphatic rings. The lowest BCUT2D eigenvalue weighted by atomic mass is 10.0. The van der Waals surface area contributed by atoms with Gasteiger partial charge in [-0.3, -0.25) is 4.79 Å². The van der Waals surface area contributed by atoms with Crippen molar-refractivity contribution >= 4 is 5.91 Å². The van der Waals surface area contributed by atoms with Crippen LogP contribution in [0.2, 0.25) is 0 Å². The van der Waals surface area contributed by atoms with Crippen LogP contribution >= 0.6 is 0 Å². The number of carbonyl (C=O) groups is 1. The summed E-state index contributed by atoms with van der Waals surface area (Å²) < 4.78 is 0. The van der Waals surface area contributed by atoms with Gasteiger partial charge < -0.3 is 5.73 Å². The van der Waals surface area contributed by atoms with Crippen LogP contribution in [0.5, 0.6) is 0 Å². The van der Waals surface area contributed by atoms with Crippen LogP contribution in [0.15, 0.2) is 23.3 Å². The van der Waals surface area contributed by atoms with Crippen LogP contribution < -0.4 is 5.73 Å². The third-order valence-electron chi connectivity index (χ3n) is 3.78. The summed E-state index contributed by atoms with van der Waals surface area (Å²) in [6.45, 7) is 8.55. The average Bonchev–Trinajstić information content (AvgIpc) is 2.38. The summed E-state index contributed by atoms with van der Waals surface area (Å²) in [5.41, 5.74) is 8.19. The molecule has 0 saturated carbocycles. The number of rotatable bonds is 11. The Morgan fingerprint density at radius 2 is 1.65 bits per heavy atom. The molecule has 1 unspecified atom stereocenters. The molecular weight excluding hydrogens is 246 g/mol. The minimum Gasteiger partial charge on any atom is -0.369 e. The first kappa shape index (κ1) is 18.9. The van der Waals surface area contributed by atoms with Gasteiger partial charge >= 0.3 is 0 Å². The summed E-state index contributed by atoms with van der Waals surface area (Å²) in [6, 6.07) is 0. The number of allylic oxidation sites excluding steroid dienone is 4. The van der Waals surface area contributed by atoms with Crippen LogP contribution in [0.1, 0.15) is 79.1 Å². The fraction of sp³-hybridized carbons (Fsp3) is 0.722. The normalized spacial score (nSPS) is 14.4. The van der Waals surface area contributed by atoms with Gasteiger partial charge in [0.05, 0.1) is 0 Å². The van der Waals surface area contributed by atoms with E-state index in [2.05, 4.69) is 32.9 Å². The van der Waals surface area contributed by atoms with E-state index in [0.717, 1.165) is 25.7 Å². The van der Waals surface area contributed by atoms with E-state index in [4.69, 9.17) is 5.73 Å². The van der Waals surface area contributed by atoms with E-state index in [1.807, 2.05) is 6.92 Å². The van der Waals surface area contributed by atoms with Crippen LogP contribution in [0.4, 0.5) is 0 Å². The van der Waals surface area contributed by atoms with Crippen LogP contribution in [0.3, 0.4) is 0 Å². The molecule has 1 amide bonds. The Hall–Kier alpha value is -1.05. The second-order valence-electron chi connectivity index (χ2n) is 5.98. The van der Waals surface area contributed by atoms with Crippen molar-refractivity contribution in [1.29, 1.82) is 0 Å². The summed E-state index contributed by atoms with van der Waals surface area (Å²) in [4.78, 5) is 10.9. The molecule has 0 aromatic rings. The number of unbranched alkanes of at least 4 members (excludes halogenated alkanes) is 2. The molecule has 116 valence electrons. The van der Waals surface area contributed by atoms with Crippen molar-refractivity contribution in [3.05, 3.63) is 23.3 Å². The van der Waals surface area contributed by atoms with Crippen molar-refractivity contribution < 1.29 is 4.79 Å². The Labute approximate surface area is 125 Å². The summed E-state index contributed by atoms with van der Waals surface area (Å²) in [5, 5.41) is 0. The van der Waals surface area contributed by atoms with Gasteiger partial charge in [0, 0.05) is 5.92 Å². The fourth-order valence-corrected chi connectivity index (χ4v) is 2.13. The highest BCUT2D eigenvalue weighted by molar-refractivity contribution is 5.76. The molecule has 0 aromatic heterocycles. The van der Waals surface area contributed by atoms with Gasteiger partial charge in [0.2, 0.25) is 5.91 Å². The molecule has 0 aliphatic carbocycles. The van der Waals surface area contributed by atoms with Gasteiger partial charge in [-0.25, -0.2) is 0 Å². The lowest BCUT2D eigenvalue weighted by molar-refractivity contribution is -0.121. The zero-order valence-electron chi connectivity index (χ0n) is 13.9. The fourth-order valence-electron chi connectivity index (χ4n) is 2.13. The van der Waals surface area contributed by atoms with Crippen molar-refractivity contribution in [3.63, 3.8) is 0 Å². The molecule has 0 rings (SSSR count). The maximum atomic E-state index is 10.9. The summed E-state index contributed by atoms with van der Waals surface area (Å²) in [5.74, 6) is -0.207. The van der Waals surface area contributed by atoms with Gasteiger partial charge in [-0.1, -0.05) is 50.0 Å². The lowest BCUT2D eigenvalue weighted by Crippen LogP contribution is -2.20. The van der Waals surface area contributed by atoms with E-state index in [0.29, 0.717) is 0 Å². The first-order valence-electron chi connectivity index (χ1n) is 8.08. The maximum Gasteiger partial charge on any atom is 0.220 e. The molecule has 0 bridgehead atoms. The highest BCUT2D eigenvalue weighted by Crippen LogP contribution is 2.13. The van der Waals surface area contributed by atoms with E-state index in [9.17, 15) is 4.79 Å². The molecular formula is C18H33NO. The molecule has 0 aromatic carbocycles. The highest BCUT2D eigenvalue weighted by atomic mass is 16.1. The number of amides is 1. The number of hydrogen-bond acceptors (Lipinski definition) is 1. The summed E-state index contributed by atoms with van der Waals surface area (Å²) >= 11 is 0. The summed E-state index contributed by atoms with van der Waals surface area (Å²) in [7, 11) is 0. The van der Waals surface area contributed by atoms with Crippen molar-refractivity contribution in [3.8, 4) is 0 Å². The summed E-state index contributed by atoms with van der Waals surface area (Å²) in [6.07, 6.45) is 13.9. The van der Waals surface area contributed by atoms with E-state index in [-0.39, 0.29) is 11.8 Å². The Morgan fingerprint density at radius 1 is 1.05 bits per heavy atom. The first-order chi connectivity index (χ1) is 9.47. The van der Waals surface area contributed by atoms with Crippen LogP contribution in [-0.4, -0.2) is 5.91 Å². The molecule has 0 radical (unpaired) electrons. The van der Waals surface area contributed by atoms with Gasteiger partial charge in [-0.15, -0.1) is 0 Å². The van der Waals surface area contributed by atoms with Gasteiger partial charge in [0.15, 0.2) is 0 Å². The number of hydrogen-bond donors (Lipinski definition) is 1. The first-order valence-corrected chi connectivity index (χ1v) is 8.08. The molecule has 20 heavy (non-hydrogen) atoms. The SMILES string of the molecule is CCCCC/C(C)=C/CC/C(C)=C/CCC(C)C(N)=O. The van der Waals surface area contributed by atoms with E-state index in [1.54, 1.807) is 0 Å². The van der Waals surface area contributed by atoms with Crippen LogP contribution in [-0.2, 0) is 4.79 Å². The number of nitrogens with two attached hydrogens (primary N) is 1. The molecule has 0 aliphatic heterocycles. The molecule has 1 atom stereocenters. The van der Waals surface area contributed by atoms with E-state index in [1.165, 1.54) is 36.8 Å². The van der Waals surface area contributed by atoms with Crippen LogP contribution in [0, 0.1) is 5.92 Å². The third kappa shape index (κ3) is 10.8. The maximum absolute atomic E-state index is 10.9. The molecule has 2 nitrogen and oxygen atoms in total. The van der Waals surface area contributed by atoms with E-state index >= 15 is 0 Å². The van der Waals surface area contributed by atoms with E-state index < -0.39 is 0 Å². The molecule has 2 heteroatoms. The predicted molar refractivity (Wildman–Crippen MR) is 88.5 cm³/mol. The zero-order valence-corrected chi connectivity index (χ0v) is 13.9. The molecule has 0 heterocycles. The van der Waals surface area contributed by atoms with Crippen LogP contribution in [0.25, 0.3) is 0 Å². The standard InChI is InChI=1S/C18H33NO/c1-5-6-7-10-15(2)11-8-12-16(3)13-9-14-17(4)18(19)20/h11,13,17H,5-10,12,14H2,1-4H3,(H2,19,20)/b15-11+,16-13+. The number of carbonyl (C=O) groups excluding carboxylic acids is 1. The zero-order chi connectivity index (χ0) is 15.4. The topological polar surface area (TPSA) is 43.1 Å². The molecule has 0 saturated heterocycles. The predicted octanol–water partition coefficient (Wildman–Crippen LogP) is 5.14. The Kier molecular flexibility index (Phi) is 11.1. The smallest absolute Gasteiger partial charge is 0.220 e. The third-order valence-corrected chi connectivity index (χ3v) is 3.78. The van der Waals surface area contributed by atoms with Gasteiger partial charge in [-0.05, 0) is 52.4 Å². The number of primary amides is 1. The molecule has 0 spiro atoms. The van der Waals surface area contributed by atoms with Gasteiger partial charge in [0.1, 0.15) is 0 Å². The van der Waals surface area contributed by atoms with Gasteiger partial charge in [0.25, 0.3) is 0 Å². The minimum atomic E-state index is -0.193. The van der Waals surface area contributed by atoms with Crippen molar-refractivity contribution in [2.75, 3.05) is 0 Å². The highest BCUT2D eigenvalue weighted by Gasteiger charge is 2.06. The molecule has 0 fully saturated rings. The Balaban J connectivity index is 3.83. The van der Waals surface area contributed by atoms with Crippen molar-refractivity contribution in [1.82, 2.24) is 0 Å². The Morgan fingerprint density at radius 3 is 2.25 bits per heavy atom. The largest absolute Gasteiger partial charge is 0.369 e. The quantitative estimate of drug-likeness (QED) is 0.413.